The minimum absolute atomic E-state index is 0.161. The van der Waals surface area contributed by atoms with Crippen molar-refractivity contribution in [2.24, 2.45) is 0 Å². The summed E-state index contributed by atoms with van der Waals surface area (Å²) in [7, 11) is 0. The molecule has 0 radical (unpaired) electrons. The van der Waals surface area contributed by atoms with E-state index in [4.69, 9.17) is 4.74 Å². The third-order valence-corrected chi connectivity index (χ3v) is 3.93. The molecular formula is C21H28N2O2. The Labute approximate surface area is 150 Å². The normalized spacial score (nSPS) is 10.6. The Balaban J connectivity index is 1.84. The van der Waals surface area contributed by atoms with Crippen LogP contribution in [0, 0.1) is 0 Å². The summed E-state index contributed by atoms with van der Waals surface area (Å²) in [5, 5.41) is 5.98. The molecule has 134 valence electrons. The van der Waals surface area contributed by atoms with Gasteiger partial charge in [-0.25, -0.2) is 4.79 Å². The lowest BCUT2D eigenvalue weighted by Gasteiger charge is -2.20. The number of hydrogen-bond acceptors (Lipinski definition) is 2. The predicted octanol–water partition coefficient (Wildman–Crippen LogP) is 4.28. The van der Waals surface area contributed by atoms with Gasteiger partial charge in [0.2, 0.25) is 0 Å². The number of unbranched alkanes of at least 4 members (excludes halogenated alkanes) is 1. The molecule has 0 aromatic heterocycles. The highest BCUT2D eigenvalue weighted by Gasteiger charge is 2.15. The average molecular weight is 340 g/mol. The molecule has 0 aliphatic heterocycles. The minimum atomic E-state index is -0.164. The van der Waals surface area contributed by atoms with Crippen LogP contribution in [0.3, 0.4) is 0 Å². The zero-order valence-electron chi connectivity index (χ0n) is 14.9. The number of carbonyl (C=O) groups is 1. The van der Waals surface area contributed by atoms with Crippen molar-refractivity contribution in [2.75, 3.05) is 19.8 Å². The molecule has 0 heterocycles. The van der Waals surface area contributed by atoms with E-state index in [1.54, 1.807) is 0 Å². The molecule has 4 heteroatoms. The summed E-state index contributed by atoms with van der Waals surface area (Å²) in [6.07, 6.45) is 3.04. The minimum Gasteiger partial charge on any atom is -0.381 e. The lowest BCUT2D eigenvalue weighted by atomic mass is 9.99. The topological polar surface area (TPSA) is 50.4 Å². The van der Waals surface area contributed by atoms with Gasteiger partial charge in [-0.15, -0.1) is 0 Å². The molecule has 0 saturated heterocycles. The average Bonchev–Trinajstić information content (AvgIpc) is 2.67. The van der Waals surface area contributed by atoms with Gasteiger partial charge in [-0.2, -0.15) is 0 Å². The quantitative estimate of drug-likeness (QED) is 0.634. The van der Waals surface area contributed by atoms with Crippen molar-refractivity contribution in [3.63, 3.8) is 0 Å². The molecule has 0 unspecified atom stereocenters. The molecule has 0 fully saturated rings. The Morgan fingerprint density at radius 2 is 1.48 bits per heavy atom. The second-order valence-corrected chi connectivity index (χ2v) is 5.97. The monoisotopic (exact) mass is 340 g/mol. The van der Waals surface area contributed by atoms with Crippen LogP contribution in [0.25, 0.3) is 0 Å². The van der Waals surface area contributed by atoms with Crippen LogP contribution >= 0.6 is 0 Å². The molecule has 2 rings (SSSR count). The van der Waals surface area contributed by atoms with Crippen molar-refractivity contribution in [3.05, 3.63) is 71.8 Å². The SMILES string of the molecule is CCCCOCCCNC(=O)NC(c1ccccc1)c1ccccc1. The van der Waals surface area contributed by atoms with Crippen LogP contribution < -0.4 is 10.6 Å². The Morgan fingerprint density at radius 1 is 0.920 bits per heavy atom. The summed E-state index contributed by atoms with van der Waals surface area (Å²) in [5.74, 6) is 0. The van der Waals surface area contributed by atoms with Crippen LogP contribution in [0.1, 0.15) is 43.4 Å². The van der Waals surface area contributed by atoms with Gasteiger partial charge in [-0.1, -0.05) is 74.0 Å². The highest BCUT2D eigenvalue weighted by atomic mass is 16.5. The fourth-order valence-corrected chi connectivity index (χ4v) is 2.56. The van der Waals surface area contributed by atoms with Crippen molar-refractivity contribution in [1.29, 1.82) is 0 Å². The number of amides is 2. The first kappa shape index (κ1) is 19.0. The molecule has 4 nitrogen and oxygen atoms in total. The summed E-state index contributed by atoms with van der Waals surface area (Å²) in [5.41, 5.74) is 2.12. The third-order valence-electron chi connectivity index (χ3n) is 3.93. The van der Waals surface area contributed by atoms with Gasteiger partial charge in [0.05, 0.1) is 6.04 Å². The molecule has 2 amide bonds. The van der Waals surface area contributed by atoms with Crippen molar-refractivity contribution in [3.8, 4) is 0 Å². The summed E-state index contributed by atoms with van der Waals surface area (Å²) in [6.45, 7) is 4.23. The summed E-state index contributed by atoms with van der Waals surface area (Å²) >= 11 is 0. The van der Waals surface area contributed by atoms with E-state index >= 15 is 0 Å². The van der Waals surface area contributed by atoms with E-state index in [1.165, 1.54) is 0 Å². The van der Waals surface area contributed by atoms with Gasteiger partial charge in [-0.3, -0.25) is 0 Å². The smallest absolute Gasteiger partial charge is 0.315 e. The molecule has 2 N–H and O–H groups in total. The molecule has 0 saturated carbocycles. The van der Waals surface area contributed by atoms with Gasteiger partial charge in [0.25, 0.3) is 0 Å². The molecule has 0 atom stereocenters. The highest BCUT2D eigenvalue weighted by Crippen LogP contribution is 2.21. The van der Waals surface area contributed by atoms with Crippen LogP contribution in [0.4, 0.5) is 4.79 Å². The van der Waals surface area contributed by atoms with E-state index < -0.39 is 0 Å². The molecule has 0 bridgehead atoms. The highest BCUT2D eigenvalue weighted by molar-refractivity contribution is 5.75. The largest absolute Gasteiger partial charge is 0.381 e. The fraction of sp³-hybridized carbons (Fsp3) is 0.381. The number of carbonyl (C=O) groups excluding carboxylic acids is 1. The Hall–Kier alpha value is -2.33. The van der Waals surface area contributed by atoms with E-state index in [0.29, 0.717) is 13.2 Å². The van der Waals surface area contributed by atoms with Crippen LogP contribution in [0.15, 0.2) is 60.7 Å². The lowest BCUT2D eigenvalue weighted by Crippen LogP contribution is -2.39. The second kappa shape index (κ2) is 11.3. The van der Waals surface area contributed by atoms with Crippen LogP contribution in [0.2, 0.25) is 0 Å². The lowest BCUT2D eigenvalue weighted by molar-refractivity contribution is 0.129. The molecular weight excluding hydrogens is 312 g/mol. The van der Waals surface area contributed by atoms with E-state index in [-0.39, 0.29) is 12.1 Å². The summed E-state index contributed by atoms with van der Waals surface area (Å²) in [6, 6.07) is 19.7. The van der Waals surface area contributed by atoms with E-state index in [2.05, 4.69) is 17.6 Å². The van der Waals surface area contributed by atoms with E-state index in [0.717, 1.165) is 37.0 Å². The third kappa shape index (κ3) is 6.98. The predicted molar refractivity (Wildman–Crippen MR) is 102 cm³/mol. The van der Waals surface area contributed by atoms with Crippen LogP contribution in [-0.2, 0) is 4.74 Å². The number of rotatable bonds is 10. The standard InChI is InChI=1S/C21H28N2O2/c1-2-3-16-25-17-10-15-22-21(24)23-20(18-11-6-4-7-12-18)19-13-8-5-9-14-19/h4-9,11-14,20H,2-3,10,15-17H2,1H3,(H2,22,23,24). The van der Waals surface area contributed by atoms with Crippen molar-refractivity contribution >= 4 is 6.03 Å². The number of nitrogens with one attached hydrogen (secondary N) is 2. The number of urea groups is 1. The molecule has 0 aliphatic rings. The second-order valence-electron chi connectivity index (χ2n) is 5.97. The fourth-order valence-electron chi connectivity index (χ4n) is 2.56. The number of ether oxygens (including phenoxy) is 1. The maximum atomic E-state index is 12.3. The molecule has 0 aliphatic carbocycles. The van der Waals surface area contributed by atoms with Gasteiger partial charge < -0.3 is 15.4 Å². The van der Waals surface area contributed by atoms with Crippen LogP contribution in [-0.4, -0.2) is 25.8 Å². The first-order chi connectivity index (χ1) is 12.3. The van der Waals surface area contributed by atoms with Gasteiger partial charge >= 0.3 is 6.03 Å². The van der Waals surface area contributed by atoms with Crippen LogP contribution in [0.5, 0.6) is 0 Å². The Morgan fingerprint density at radius 3 is 2.04 bits per heavy atom. The van der Waals surface area contributed by atoms with Crippen molar-refractivity contribution in [2.45, 2.75) is 32.2 Å². The van der Waals surface area contributed by atoms with E-state index in [1.807, 2.05) is 60.7 Å². The Bertz CT molecular complexity index is 562. The molecule has 2 aromatic rings. The maximum Gasteiger partial charge on any atom is 0.315 e. The van der Waals surface area contributed by atoms with Gasteiger partial charge in [0.1, 0.15) is 0 Å². The first-order valence-electron chi connectivity index (χ1n) is 9.03. The molecule has 0 spiro atoms. The molecule has 25 heavy (non-hydrogen) atoms. The molecule has 2 aromatic carbocycles. The van der Waals surface area contributed by atoms with Gasteiger partial charge in [0, 0.05) is 19.8 Å². The summed E-state index contributed by atoms with van der Waals surface area (Å²) < 4.78 is 5.50. The zero-order valence-corrected chi connectivity index (χ0v) is 14.9. The van der Waals surface area contributed by atoms with Crippen molar-refractivity contribution in [1.82, 2.24) is 10.6 Å². The van der Waals surface area contributed by atoms with Gasteiger partial charge in [0.15, 0.2) is 0 Å². The van der Waals surface area contributed by atoms with Crippen molar-refractivity contribution < 1.29 is 9.53 Å². The Kier molecular flexibility index (Phi) is 8.56. The first-order valence-corrected chi connectivity index (χ1v) is 9.03. The van der Waals surface area contributed by atoms with E-state index in [9.17, 15) is 4.79 Å². The maximum absolute atomic E-state index is 12.3. The zero-order chi connectivity index (χ0) is 17.7. The van der Waals surface area contributed by atoms with Gasteiger partial charge in [-0.05, 0) is 24.0 Å². The number of hydrogen-bond donors (Lipinski definition) is 2. The summed E-state index contributed by atoms with van der Waals surface area (Å²) in [4.78, 5) is 12.3. The number of benzene rings is 2.